The van der Waals surface area contributed by atoms with Crippen molar-refractivity contribution < 1.29 is 9.59 Å². The topological polar surface area (TPSA) is 52.7 Å². The molecule has 2 atom stereocenters. The largest absolute Gasteiger partial charge is 0.349 e. The van der Waals surface area contributed by atoms with Crippen molar-refractivity contribution in [1.82, 2.24) is 15.1 Å². The van der Waals surface area contributed by atoms with Gasteiger partial charge < -0.3 is 15.1 Å². The van der Waals surface area contributed by atoms with Crippen LogP contribution in [0.5, 0.6) is 0 Å². The third-order valence-electron chi connectivity index (χ3n) is 8.60. The molecule has 0 aromatic heterocycles. The van der Waals surface area contributed by atoms with E-state index in [2.05, 4.69) is 71.4 Å². The summed E-state index contributed by atoms with van der Waals surface area (Å²) in [7, 11) is 0. The number of nitrogens with one attached hydrogen (secondary N) is 1. The number of nitrogens with zero attached hydrogens (tertiary/aromatic N) is 2. The summed E-state index contributed by atoms with van der Waals surface area (Å²) >= 11 is 0. The predicted octanol–water partition coefficient (Wildman–Crippen LogP) is 6.03. The number of hydrogen-bond acceptors (Lipinski definition) is 3. The maximum Gasteiger partial charge on any atom is 0.254 e. The van der Waals surface area contributed by atoms with Crippen LogP contribution in [0.15, 0.2) is 66.7 Å². The van der Waals surface area contributed by atoms with E-state index < -0.39 is 0 Å². The molecular formula is C35H43N3O2. The highest BCUT2D eigenvalue weighted by atomic mass is 16.2. The fourth-order valence-corrected chi connectivity index (χ4v) is 6.76. The van der Waals surface area contributed by atoms with Crippen LogP contribution in [-0.2, 0) is 6.42 Å². The molecule has 5 heteroatoms. The van der Waals surface area contributed by atoms with Crippen LogP contribution in [0.3, 0.4) is 0 Å². The Hall–Kier alpha value is -3.44. The minimum Gasteiger partial charge on any atom is -0.349 e. The number of benzene rings is 3. The molecule has 0 saturated carbocycles. The molecule has 5 nitrogen and oxygen atoms in total. The van der Waals surface area contributed by atoms with Crippen molar-refractivity contribution in [3.63, 3.8) is 0 Å². The van der Waals surface area contributed by atoms with Gasteiger partial charge >= 0.3 is 0 Å². The number of likely N-dealkylation sites (tertiary alicyclic amines) is 2. The van der Waals surface area contributed by atoms with E-state index in [9.17, 15) is 9.59 Å². The highest BCUT2D eigenvalue weighted by molar-refractivity contribution is 5.95. The molecule has 2 saturated heterocycles. The second kappa shape index (κ2) is 12.4. The van der Waals surface area contributed by atoms with Crippen molar-refractivity contribution in [2.24, 2.45) is 0 Å². The third kappa shape index (κ3) is 6.82. The molecule has 2 fully saturated rings. The Labute approximate surface area is 239 Å². The van der Waals surface area contributed by atoms with E-state index in [-0.39, 0.29) is 23.9 Å². The Morgan fingerprint density at radius 2 is 1.32 bits per heavy atom. The first-order valence-corrected chi connectivity index (χ1v) is 14.8. The van der Waals surface area contributed by atoms with Gasteiger partial charge in [-0.3, -0.25) is 9.59 Å². The molecule has 3 aromatic rings. The number of hydrogen-bond donors (Lipinski definition) is 1. The van der Waals surface area contributed by atoms with E-state index in [0.717, 1.165) is 85.1 Å². The van der Waals surface area contributed by atoms with Gasteiger partial charge in [-0.15, -0.1) is 0 Å². The van der Waals surface area contributed by atoms with Gasteiger partial charge in [-0.05, 0) is 89.6 Å². The maximum atomic E-state index is 13.8. The molecule has 2 amide bonds. The van der Waals surface area contributed by atoms with Gasteiger partial charge in [0.1, 0.15) is 0 Å². The normalized spacial score (nSPS) is 20.4. The monoisotopic (exact) mass is 537 g/mol. The molecule has 40 heavy (non-hydrogen) atoms. The van der Waals surface area contributed by atoms with E-state index in [1.165, 1.54) is 5.56 Å². The van der Waals surface area contributed by atoms with Gasteiger partial charge in [-0.25, -0.2) is 0 Å². The number of amides is 2. The molecule has 210 valence electrons. The molecule has 1 N–H and O–H groups in total. The highest BCUT2D eigenvalue weighted by Crippen LogP contribution is 2.29. The second-order valence-corrected chi connectivity index (χ2v) is 12.1. The molecule has 0 aliphatic carbocycles. The Morgan fingerprint density at radius 1 is 0.750 bits per heavy atom. The molecule has 5 rings (SSSR count). The van der Waals surface area contributed by atoms with Gasteiger partial charge in [0.05, 0.1) is 0 Å². The summed E-state index contributed by atoms with van der Waals surface area (Å²) in [4.78, 5) is 31.4. The number of carbonyl (C=O) groups is 2. The maximum absolute atomic E-state index is 13.8. The van der Waals surface area contributed by atoms with Crippen molar-refractivity contribution in [2.45, 2.75) is 77.9 Å². The predicted molar refractivity (Wildman–Crippen MR) is 162 cm³/mol. The fraction of sp³-hybridized carbons (Fsp3) is 0.429. The van der Waals surface area contributed by atoms with Crippen molar-refractivity contribution in [3.8, 4) is 0 Å². The zero-order valence-electron chi connectivity index (χ0n) is 24.5. The van der Waals surface area contributed by atoms with Crippen LogP contribution in [0.2, 0.25) is 0 Å². The van der Waals surface area contributed by atoms with E-state index in [1.807, 2.05) is 38.1 Å². The summed E-state index contributed by atoms with van der Waals surface area (Å²) in [6.45, 7) is 10.9. The second-order valence-electron chi connectivity index (χ2n) is 12.1. The molecule has 2 aliphatic heterocycles. The highest BCUT2D eigenvalue weighted by Gasteiger charge is 2.36. The number of rotatable bonds is 6. The number of aryl methyl sites for hydroxylation is 4. The molecule has 0 spiro atoms. The summed E-state index contributed by atoms with van der Waals surface area (Å²) in [5.41, 5.74) is 7.33. The average molecular weight is 538 g/mol. The Bertz CT molecular complexity index is 1300. The minimum absolute atomic E-state index is 0.0337. The molecule has 2 heterocycles. The lowest BCUT2D eigenvalue weighted by molar-refractivity contribution is 0.0372. The fourth-order valence-electron chi connectivity index (χ4n) is 6.76. The Morgan fingerprint density at radius 3 is 1.93 bits per heavy atom. The molecule has 0 bridgehead atoms. The zero-order valence-corrected chi connectivity index (χ0v) is 24.5. The first-order valence-electron chi connectivity index (χ1n) is 14.8. The van der Waals surface area contributed by atoms with E-state index in [1.54, 1.807) is 0 Å². The summed E-state index contributed by atoms with van der Waals surface area (Å²) in [6, 6.07) is 23.6. The lowest BCUT2D eigenvalue weighted by atomic mass is 9.89. The van der Waals surface area contributed by atoms with Crippen LogP contribution >= 0.6 is 0 Å². The average Bonchev–Trinajstić information content (AvgIpc) is 2.92. The van der Waals surface area contributed by atoms with Crippen LogP contribution in [0.4, 0.5) is 0 Å². The van der Waals surface area contributed by atoms with E-state index in [0.29, 0.717) is 6.04 Å². The summed E-state index contributed by atoms with van der Waals surface area (Å²) in [6.07, 6.45) is 4.76. The van der Waals surface area contributed by atoms with Crippen LogP contribution in [0, 0.1) is 27.7 Å². The SMILES string of the molecule is Cc1cc(C)cc(C(=O)NC2CCN(C3CCN(C(=O)c4cc(C)cc(C)c4)C(Cc4ccccc4)C3)CC2)c1. The molecule has 2 unspecified atom stereocenters. The lowest BCUT2D eigenvalue weighted by Gasteiger charge is -2.45. The van der Waals surface area contributed by atoms with Gasteiger partial charge in [0.2, 0.25) is 0 Å². The van der Waals surface area contributed by atoms with Crippen molar-refractivity contribution >= 4 is 11.8 Å². The van der Waals surface area contributed by atoms with Gasteiger partial charge in [-0.1, -0.05) is 64.7 Å². The smallest absolute Gasteiger partial charge is 0.254 e. The van der Waals surface area contributed by atoms with E-state index >= 15 is 0 Å². The lowest BCUT2D eigenvalue weighted by Crippen LogP contribution is -2.55. The number of carbonyl (C=O) groups excluding carboxylic acids is 2. The third-order valence-corrected chi connectivity index (χ3v) is 8.60. The van der Waals surface area contributed by atoms with Crippen LogP contribution in [0.25, 0.3) is 0 Å². The first kappa shape index (κ1) is 28.1. The summed E-state index contributed by atoms with van der Waals surface area (Å²) < 4.78 is 0. The van der Waals surface area contributed by atoms with Crippen molar-refractivity contribution in [3.05, 3.63) is 106 Å². The standard InChI is InChI=1S/C35H43N3O2/c1-24-16-25(2)19-29(18-24)34(39)36-31-10-13-37(14-11-31)32-12-15-38(33(23-32)22-28-8-6-5-7-9-28)35(40)30-20-26(3)17-27(4)21-30/h5-9,16-21,31-33H,10-15,22-23H2,1-4H3,(H,36,39). The zero-order chi connectivity index (χ0) is 28.2. The number of piperidine rings is 2. The van der Waals surface area contributed by atoms with Crippen LogP contribution in [-0.4, -0.2) is 59.4 Å². The molecular weight excluding hydrogens is 494 g/mol. The summed E-state index contributed by atoms with van der Waals surface area (Å²) in [5.74, 6) is 0.186. The van der Waals surface area contributed by atoms with Crippen molar-refractivity contribution in [2.75, 3.05) is 19.6 Å². The Kier molecular flexibility index (Phi) is 8.70. The van der Waals surface area contributed by atoms with Gasteiger partial charge in [0.25, 0.3) is 11.8 Å². The van der Waals surface area contributed by atoms with Gasteiger partial charge in [-0.2, -0.15) is 0 Å². The minimum atomic E-state index is 0.0337. The van der Waals surface area contributed by atoms with Crippen LogP contribution in [0.1, 0.15) is 74.2 Å². The Balaban J connectivity index is 1.23. The molecule has 2 aliphatic rings. The quantitative estimate of drug-likeness (QED) is 0.418. The van der Waals surface area contributed by atoms with Crippen LogP contribution < -0.4 is 5.32 Å². The van der Waals surface area contributed by atoms with Gasteiger partial charge in [0.15, 0.2) is 0 Å². The molecule has 3 aromatic carbocycles. The first-order chi connectivity index (χ1) is 19.2. The molecule has 0 radical (unpaired) electrons. The van der Waals surface area contributed by atoms with E-state index in [4.69, 9.17) is 0 Å². The van der Waals surface area contributed by atoms with Crippen molar-refractivity contribution in [1.29, 1.82) is 0 Å². The van der Waals surface area contributed by atoms with Gasteiger partial charge in [0, 0.05) is 48.9 Å². The summed E-state index contributed by atoms with van der Waals surface area (Å²) in [5, 5.41) is 3.29.